The molecular weight excluding hydrogens is 226 g/mol. The molecule has 1 atom stereocenters. The van der Waals surface area contributed by atoms with Crippen LogP contribution in [0.2, 0.25) is 0 Å². The van der Waals surface area contributed by atoms with Crippen molar-refractivity contribution in [3.63, 3.8) is 0 Å². The molecule has 1 aromatic carbocycles. The second-order valence-corrected chi connectivity index (χ2v) is 4.38. The minimum Gasteiger partial charge on any atom is -0.492 e. The third-order valence-electron chi connectivity index (χ3n) is 2.87. The SMILES string of the molecule is Cn1ccnc1CCC(N)COc1ccccc1. The Bertz CT molecular complexity index is 467. The average Bonchev–Trinajstić information content (AvgIpc) is 2.81. The average molecular weight is 245 g/mol. The zero-order chi connectivity index (χ0) is 12.8. The van der Waals surface area contributed by atoms with E-state index in [0.717, 1.165) is 24.4 Å². The summed E-state index contributed by atoms with van der Waals surface area (Å²) < 4.78 is 7.63. The van der Waals surface area contributed by atoms with Gasteiger partial charge in [0.15, 0.2) is 0 Å². The van der Waals surface area contributed by atoms with Gasteiger partial charge in [0.2, 0.25) is 0 Å². The van der Waals surface area contributed by atoms with Gasteiger partial charge >= 0.3 is 0 Å². The van der Waals surface area contributed by atoms with Gasteiger partial charge in [-0.25, -0.2) is 4.98 Å². The van der Waals surface area contributed by atoms with Gasteiger partial charge in [-0.3, -0.25) is 0 Å². The van der Waals surface area contributed by atoms with Crippen molar-refractivity contribution in [1.29, 1.82) is 0 Å². The highest BCUT2D eigenvalue weighted by Gasteiger charge is 2.06. The molecule has 4 heteroatoms. The van der Waals surface area contributed by atoms with E-state index in [1.165, 1.54) is 0 Å². The minimum atomic E-state index is 0.0295. The monoisotopic (exact) mass is 245 g/mol. The molecule has 0 aliphatic rings. The van der Waals surface area contributed by atoms with Crippen LogP contribution in [0.5, 0.6) is 5.75 Å². The summed E-state index contributed by atoms with van der Waals surface area (Å²) in [4.78, 5) is 4.27. The van der Waals surface area contributed by atoms with Crippen LogP contribution in [0.1, 0.15) is 12.2 Å². The Morgan fingerprint density at radius 3 is 2.78 bits per heavy atom. The largest absolute Gasteiger partial charge is 0.492 e. The Labute approximate surface area is 107 Å². The van der Waals surface area contributed by atoms with Gasteiger partial charge in [0.05, 0.1) is 0 Å². The van der Waals surface area contributed by atoms with Crippen LogP contribution in [0.15, 0.2) is 42.7 Å². The lowest BCUT2D eigenvalue weighted by Gasteiger charge is -2.13. The van der Waals surface area contributed by atoms with E-state index < -0.39 is 0 Å². The molecule has 0 saturated heterocycles. The van der Waals surface area contributed by atoms with Crippen LogP contribution in [0, 0.1) is 0 Å². The molecule has 0 amide bonds. The number of para-hydroxylation sites is 1. The zero-order valence-corrected chi connectivity index (χ0v) is 10.6. The maximum absolute atomic E-state index is 6.03. The van der Waals surface area contributed by atoms with Crippen molar-refractivity contribution in [3.05, 3.63) is 48.5 Å². The van der Waals surface area contributed by atoms with E-state index in [9.17, 15) is 0 Å². The Balaban J connectivity index is 1.73. The summed E-state index contributed by atoms with van der Waals surface area (Å²) in [6, 6.07) is 9.77. The van der Waals surface area contributed by atoms with Crippen molar-refractivity contribution in [2.75, 3.05) is 6.61 Å². The van der Waals surface area contributed by atoms with Gasteiger partial charge in [-0.1, -0.05) is 18.2 Å². The molecule has 96 valence electrons. The van der Waals surface area contributed by atoms with Gasteiger partial charge in [-0.05, 0) is 18.6 Å². The maximum atomic E-state index is 6.03. The summed E-state index contributed by atoms with van der Waals surface area (Å²) in [6.07, 6.45) is 5.50. The van der Waals surface area contributed by atoms with Crippen molar-refractivity contribution in [2.45, 2.75) is 18.9 Å². The third kappa shape index (κ3) is 3.60. The Morgan fingerprint density at radius 2 is 2.11 bits per heavy atom. The van der Waals surface area contributed by atoms with E-state index in [0.29, 0.717) is 6.61 Å². The first-order valence-electron chi connectivity index (χ1n) is 6.15. The van der Waals surface area contributed by atoms with Crippen molar-refractivity contribution in [2.24, 2.45) is 12.8 Å². The molecule has 0 spiro atoms. The fourth-order valence-electron chi connectivity index (χ4n) is 1.76. The molecule has 1 aromatic heterocycles. The van der Waals surface area contributed by atoms with Crippen molar-refractivity contribution >= 4 is 0 Å². The highest BCUT2D eigenvalue weighted by atomic mass is 16.5. The number of aryl methyl sites for hydroxylation is 2. The number of benzene rings is 1. The zero-order valence-electron chi connectivity index (χ0n) is 10.6. The second-order valence-electron chi connectivity index (χ2n) is 4.38. The lowest BCUT2D eigenvalue weighted by atomic mass is 10.2. The topological polar surface area (TPSA) is 53.1 Å². The highest BCUT2D eigenvalue weighted by Crippen LogP contribution is 2.09. The molecule has 18 heavy (non-hydrogen) atoms. The second kappa shape index (κ2) is 6.21. The van der Waals surface area contributed by atoms with E-state index in [4.69, 9.17) is 10.5 Å². The molecule has 1 unspecified atom stereocenters. The summed E-state index contributed by atoms with van der Waals surface area (Å²) in [5.74, 6) is 1.93. The lowest BCUT2D eigenvalue weighted by Crippen LogP contribution is -2.28. The van der Waals surface area contributed by atoms with E-state index in [-0.39, 0.29) is 6.04 Å². The summed E-state index contributed by atoms with van der Waals surface area (Å²) in [6.45, 7) is 0.536. The molecule has 0 fully saturated rings. The van der Waals surface area contributed by atoms with Crippen LogP contribution in [0.3, 0.4) is 0 Å². The lowest BCUT2D eigenvalue weighted by molar-refractivity contribution is 0.281. The summed E-state index contributed by atoms with van der Waals surface area (Å²) in [5.41, 5.74) is 6.03. The Hall–Kier alpha value is -1.81. The van der Waals surface area contributed by atoms with E-state index in [2.05, 4.69) is 4.98 Å². The van der Waals surface area contributed by atoms with Crippen LogP contribution in [0.25, 0.3) is 0 Å². The van der Waals surface area contributed by atoms with Crippen molar-refractivity contribution < 1.29 is 4.74 Å². The first-order chi connectivity index (χ1) is 8.75. The number of rotatable bonds is 6. The molecule has 0 saturated carbocycles. The predicted molar refractivity (Wildman–Crippen MR) is 71.4 cm³/mol. The highest BCUT2D eigenvalue weighted by molar-refractivity contribution is 5.20. The van der Waals surface area contributed by atoms with Gasteiger partial charge in [0.25, 0.3) is 0 Å². The Kier molecular flexibility index (Phi) is 4.36. The van der Waals surface area contributed by atoms with Gasteiger partial charge in [-0.2, -0.15) is 0 Å². The summed E-state index contributed by atoms with van der Waals surface area (Å²) >= 11 is 0. The number of ether oxygens (including phenoxy) is 1. The van der Waals surface area contributed by atoms with Gasteiger partial charge in [0, 0.05) is 31.9 Å². The molecule has 2 N–H and O–H groups in total. The fraction of sp³-hybridized carbons (Fsp3) is 0.357. The van der Waals surface area contributed by atoms with Gasteiger partial charge in [0.1, 0.15) is 18.2 Å². The number of imidazole rings is 1. The molecule has 0 radical (unpaired) electrons. The number of hydrogen-bond donors (Lipinski definition) is 1. The van der Waals surface area contributed by atoms with Crippen LogP contribution < -0.4 is 10.5 Å². The fourth-order valence-corrected chi connectivity index (χ4v) is 1.76. The standard InChI is InChI=1S/C14H19N3O/c1-17-10-9-16-14(17)8-7-12(15)11-18-13-5-3-2-4-6-13/h2-6,9-10,12H,7-8,11,15H2,1H3. The van der Waals surface area contributed by atoms with Crippen molar-refractivity contribution in [1.82, 2.24) is 9.55 Å². The predicted octanol–water partition coefficient (Wildman–Crippen LogP) is 1.76. The molecule has 0 aliphatic carbocycles. The first kappa shape index (κ1) is 12.6. The Morgan fingerprint density at radius 1 is 1.33 bits per heavy atom. The van der Waals surface area contributed by atoms with Crippen LogP contribution in [0.4, 0.5) is 0 Å². The van der Waals surface area contributed by atoms with Crippen LogP contribution in [-0.2, 0) is 13.5 Å². The summed E-state index contributed by atoms with van der Waals surface area (Å²) in [7, 11) is 1.99. The first-order valence-corrected chi connectivity index (χ1v) is 6.15. The molecule has 2 aromatic rings. The number of hydrogen-bond acceptors (Lipinski definition) is 3. The maximum Gasteiger partial charge on any atom is 0.119 e. The van der Waals surface area contributed by atoms with E-state index in [1.54, 1.807) is 6.20 Å². The van der Waals surface area contributed by atoms with Crippen molar-refractivity contribution in [3.8, 4) is 5.75 Å². The molecule has 4 nitrogen and oxygen atoms in total. The number of aromatic nitrogens is 2. The molecule has 0 aliphatic heterocycles. The minimum absolute atomic E-state index is 0.0295. The summed E-state index contributed by atoms with van der Waals surface area (Å²) in [5, 5.41) is 0. The smallest absolute Gasteiger partial charge is 0.119 e. The molecule has 2 rings (SSSR count). The quantitative estimate of drug-likeness (QED) is 0.843. The van der Waals surface area contributed by atoms with E-state index in [1.807, 2.05) is 48.1 Å². The number of nitrogens with zero attached hydrogens (tertiary/aromatic N) is 2. The third-order valence-corrected chi connectivity index (χ3v) is 2.87. The molecule has 1 heterocycles. The van der Waals surface area contributed by atoms with Gasteiger partial charge in [-0.15, -0.1) is 0 Å². The van der Waals surface area contributed by atoms with E-state index >= 15 is 0 Å². The van der Waals surface area contributed by atoms with Crippen LogP contribution in [-0.4, -0.2) is 22.2 Å². The normalized spacial score (nSPS) is 12.3. The van der Waals surface area contributed by atoms with Gasteiger partial charge < -0.3 is 15.0 Å². The molecular formula is C14H19N3O. The van der Waals surface area contributed by atoms with Crippen LogP contribution >= 0.6 is 0 Å². The molecule has 0 bridgehead atoms. The number of nitrogens with two attached hydrogens (primary N) is 1.